The minimum atomic E-state index is -0.165. The Kier molecular flexibility index (Phi) is 5.99. The number of aromatic nitrogens is 2. The molecule has 166 valence electrons. The molecule has 1 aromatic carbocycles. The lowest BCUT2D eigenvalue weighted by Crippen LogP contribution is -2.43. The Morgan fingerprint density at radius 1 is 1.16 bits per heavy atom. The molecule has 8 nitrogen and oxygen atoms in total. The summed E-state index contributed by atoms with van der Waals surface area (Å²) in [6, 6.07) is 7.96. The zero-order valence-electron chi connectivity index (χ0n) is 18.6. The minimum Gasteiger partial charge on any atom is -0.380 e. The minimum absolute atomic E-state index is 0.0125. The van der Waals surface area contributed by atoms with Gasteiger partial charge in [0.05, 0.1) is 33.9 Å². The highest BCUT2D eigenvalue weighted by molar-refractivity contribution is 6.14. The third kappa shape index (κ3) is 4.37. The van der Waals surface area contributed by atoms with Gasteiger partial charge in [-0.3, -0.25) is 14.6 Å². The quantitative estimate of drug-likeness (QED) is 0.491. The number of H-pyrrole nitrogens is 1. The predicted molar refractivity (Wildman–Crippen MR) is 124 cm³/mol. The molecular formula is C24H28N6O2. The van der Waals surface area contributed by atoms with Crippen LogP contribution >= 0.6 is 0 Å². The fourth-order valence-corrected chi connectivity index (χ4v) is 4.44. The van der Waals surface area contributed by atoms with Crippen LogP contribution in [-0.2, 0) is 4.79 Å². The van der Waals surface area contributed by atoms with Crippen molar-refractivity contribution in [2.24, 2.45) is 0 Å². The maximum atomic E-state index is 13.2. The van der Waals surface area contributed by atoms with Gasteiger partial charge < -0.3 is 20.9 Å². The van der Waals surface area contributed by atoms with Crippen LogP contribution in [0.15, 0.2) is 24.4 Å². The van der Waals surface area contributed by atoms with Gasteiger partial charge in [0.2, 0.25) is 5.91 Å². The topological polar surface area (TPSA) is 123 Å². The summed E-state index contributed by atoms with van der Waals surface area (Å²) in [5, 5.41) is 19.6. The number of nitrogens with one attached hydrogen (secondary N) is 4. The summed E-state index contributed by atoms with van der Waals surface area (Å²) in [4.78, 5) is 32.4. The molecule has 0 bridgehead atoms. The maximum Gasteiger partial charge on any atom is 0.255 e. The third-order valence-electron chi connectivity index (χ3n) is 5.89. The average Bonchev–Trinajstić information content (AvgIpc) is 3.13. The molecule has 2 heterocycles. The average molecular weight is 433 g/mol. The number of rotatable bonds is 5. The molecule has 1 aliphatic carbocycles. The number of nitrogens with zero attached hydrogens (tertiary/aromatic N) is 2. The lowest BCUT2D eigenvalue weighted by molar-refractivity contribution is -0.119. The number of anilines is 1. The summed E-state index contributed by atoms with van der Waals surface area (Å²) in [6.07, 6.45) is 4.96. The first-order valence-corrected chi connectivity index (χ1v) is 11.0. The second-order valence-corrected chi connectivity index (χ2v) is 8.79. The number of carbonyl (C=O) groups excluding carboxylic acids is 2. The molecule has 0 spiro atoms. The zero-order chi connectivity index (χ0) is 22.8. The van der Waals surface area contributed by atoms with E-state index in [-0.39, 0.29) is 29.9 Å². The molecule has 0 saturated heterocycles. The highest BCUT2D eigenvalue weighted by Gasteiger charge is 2.25. The van der Waals surface area contributed by atoms with Crippen LogP contribution < -0.4 is 16.0 Å². The van der Waals surface area contributed by atoms with Gasteiger partial charge in [0.15, 0.2) is 0 Å². The van der Waals surface area contributed by atoms with Gasteiger partial charge >= 0.3 is 0 Å². The van der Waals surface area contributed by atoms with Gasteiger partial charge in [0.25, 0.3) is 5.91 Å². The van der Waals surface area contributed by atoms with Crippen LogP contribution in [0.2, 0.25) is 0 Å². The van der Waals surface area contributed by atoms with Crippen LogP contribution in [0.25, 0.3) is 21.9 Å². The Bertz CT molecular complexity index is 1210. The van der Waals surface area contributed by atoms with E-state index in [9.17, 15) is 14.9 Å². The molecule has 32 heavy (non-hydrogen) atoms. The lowest BCUT2D eigenvalue weighted by atomic mass is 9.91. The molecule has 4 N–H and O–H groups in total. The van der Waals surface area contributed by atoms with Gasteiger partial charge in [-0.25, -0.2) is 0 Å². The molecule has 1 fully saturated rings. The van der Waals surface area contributed by atoms with E-state index in [1.54, 1.807) is 18.3 Å². The van der Waals surface area contributed by atoms with E-state index in [0.717, 1.165) is 47.6 Å². The molecule has 0 atom stereocenters. The second-order valence-electron chi connectivity index (χ2n) is 8.79. The highest BCUT2D eigenvalue weighted by atomic mass is 16.2. The Morgan fingerprint density at radius 2 is 1.84 bits per heavy atom. The molecule has 0 radical (unpaired) electrons. The fourth-order valence-electron chi connectivity index (χ4n) is 4.44. The molecule has 2 aromatic heterocycles. The number of benzene rings is 1. The van der Waals surface area contributed by atoms with Crippen molar-refractivity contribution in [1.29, 1.82) is 5.26 Å². The number of amides is 2. The molecule has 1 saturated carbocycles. The standard InChI is InChI=1S/C24H28N6O2/c1-13(2)27-22-19(24(32)29-17-7-5-16(6-8-17)28-14(3)31)12-26-21-18-9-4-15(11-25)10-20(18)30-23(21)22/h4,9-10,12-13,16-17,30H,5-8H2,1-3H3,(H,26,27)(H,28,31)(H,29,32)/t16-,17-. The van der Waals surface area contributed by atoms with E-state index in [4.69, 9.17) is 0 Å². The van der Waals surface area contributed by atoms with Crippen molar-refractivity contribution in [1.82, 2.24) is 20.6 Å². The molecule has 3 aromatic rings. The number of fused-ring (bicyclic) bond motifs is 3. The SMILES string of the molecule is CC(=O)N[C@H]1CC[C@H](NC(=O)c2cnc3c([nH]c4cc(C#N)ccc43)c2NC(C)C)CC1. The summed E-state index contributed by atoms with van der Waals surface area (Å²) >= 11 is 0. The van der Waals surface area contributed by atoms with Crippen molar-refractivity contribution < 1.29 is 9.59 Å². The predicted octanol–water partition coefficient (Wildman–Crippen LogP) is 3.59. The summed E-state index contributed by atoms with van der Waals surface area (Å²) in [7, 11) is 0. The van der Waals surface area contributed by atoms with E-state index in [1.807, 2.05) is 19.9 Å². The first-order chi connectivity index (χ1) is 15.4. The van der Waals surface area contributed by atoms with Crippen molar-refractivity contribution in [3.8, 4) is 6.07 Å². The van der Waals surface area contributed by atoms with Gasteiger partial charge in [-0.2, -0.15) is 5.26 Å². The Hall–Kier alpha value is -3.60. The molecule has 0 unspecified atom stereocenters. The summed E-state index contributed by atoms with van der Waals surface area (Å²) < 4.78 is 0. The largest absolute Gasteiger partial charge is 0.380 e. The highest BCUT2D eigenvalue weighted by Crippen LogP contribution is 2.32. The molecule has 2 amide bonds. The van der Waals surface area contributed by atoms with Gasteiger partial charge in [-0.1, -0.05) is 0 Å². The molecule has 0 aliphatic heterocycles. The van der Waals surface area contributed by atoms with Crippen molar-refractivity contribution in [3.63, 3.8) is 0 Å². The Balaban J connectivity index is 1.63. The zero-order valence-corrected chi connectivity index (χ0v) is 18.6. The monoisotopic (exact) mass is 432 g/mol. The smallest absolute Gasteiger partial charge is 0.255 e. The Labute approximate surface area is 186 Å². The van der Waals surface area contributed by atoms with E-state index in [0.29, 0.717) is 16.8 Å². The van der Waals surface area contributed by atoms with E-state index in [1.165, 1.54) is 6.92 Å². The summed E-state index contributed by atoms with van der Waals surface area (Å²) in [6.45, 7) is 5.58. The fraction of sp³-hybridized carbons (Fsp3) is 0.417. The first-order valence-electron chi connectivity index (χ1n) is 11.0. The lowest BCUT2D eigenvalue weighted by Gasteiger charge is -2.29. The van der Waals surface area contributed by atoms with E-state index >= 15 is 0 Å². The number of aromatic amines is 1. The second kappa shape index (κ2) is 8.87. The van der Waals surface area contributed by atoms with Crippen LogP contribution in [0.4, 0.5) is 5.69 Å². The van der Waals surface area contributed by atoms with Crippen molar-refractivity contribution in [2.45, 2.75) is 64.6 Å². The molecule has 1 aliphatic rings. The van der Waals surface area contributed by atoms with Crippen LogP contribution in [0.1, 0.15) is 62.4 Å². The van der Waals surface area contributed by atoms with E-state index in [2.05, 4.69) is 32.0 Å². The number of carbonyl (C=O) groups is 2. The van der Waals surface area contributed by atoms with Crippen molar-refractivity contribution >= 4 is 39.4 Å². The number of pyridine rings is 1. The van der Waals surface area contributed by atoms with Crippen molar-refractivity contribution in [2.75, 3.05) is 5.32 Å². The number of hydrogen-bond acceptors (Lipinski definition) is 5. The first kappa shape index (κ1) is 21.6. The summed E-state index contributed by atoms with van der Waals surface area (Å²) in [5.74, 6) is -0.177. The molecule has 8 heteroatoms. The van der Waals surface area contributed by atoms with Gasteiger partial charge in [0, 0.05) is 42.1 Å². The molecular weight excluding hydrogens is 404 g/mol. The number of nitriles is 1. The van der Waals surface area contributed by atoms with Crippen LogP contribution in [0.3, 0.4) is 0 Å². The third-order valence-corrected chi connectivity index (χ3v) is 5.89. The van der Waals surface area contributed by atoms with Crippen LogP contribution in [0.5, 0.6) is 0 Å². The summed E-state index contributed by atoms with van der Waals surface area (Å²) in [5.41, 5.74) is 4.10. The van der Waals surface area contributed by atoms with Crippen LogP contribution in [-0.4, -0.2) is 39.9 Å². The van der Waals surface area contributed by atoms with Gasteiger partial charge in [0.1, 0.15) is 0 Å². The van der Waals surface area contributed by atoms with Gasteiger partial charge in [-0.15, -0.1) is 0 Å². The molecule has 4 rings (SSSR count). The van der Waals surface area contributed by atoms with E-state index < -0.39 is 0 Å². The normalized spacial score (nSPS) is 18.5. The van der Waals surface area contributed by atoms with Crippen LogP contribution in [0, 0.1) is 11.3 Å². The maximum absolute atomic E-state index is 13.2. The van der Waals surface area contributed by atoms with Gasteiger partial charge in [-0.05, 0) is 57.7 Å². The number of hydrogen-bond donors (Lipinski definition) is 4. The Morgan fingerprint density at radius 3 is 2.47 bits per heavy atom. The van der Waals surface area contributed by atoms with Crippen molar-refractivity contribution in [3.05, 3.63) is 35.5 Å².